The predicted molar refractivity (Wildman–Crippen MR) is 85.4 cm³/mol. The summed E-state index contributed by atoms with van der Waals surface area (Å²) in [5.41, 5.74) is 13.1. The minimum Gasteiger partial charge on any atom is -0.376 e. The predicted octanol–water partition coefficient (Wildman–Crippen LogP) is -0.548. The first-order chi connectivity index (χ1) is 11.2. The van der Waals surface area contributed by atoms with Crippen molar-refractivity contribution in [1.82, 2.24) is 16.2 Å². The molecule has 2 fully saturated rings. The molecule has 0 bridgehead atoms. The molecule has 0 saturated carbocycles. The molecule has 23 heavy (non-hydrogen) atoms. The van der Waals surface area contributed by atoms with E-state index in [0.717, 1.165) is 5.56 Å². The van der Waals surface area contributed by atoms with Crippen molar-refractivity contribution in [2.45, 2.75) is 37.2 Å². The molecule has 7 nitrogen and oxygen atoms in total. The standard InChI is InChI=1S/C16H24N4O3/c1-2-23-12-9-22-8-11(12)18-16(21)14-13(15(17)20-19-14)10-6-4-3-5-7-10/h3-7,11-15,19-20H,2,8-9,17H2,1H3,(H,18,21)/t11-,12-,13?,14?,15?/m1/s1. The molecule has 0 aliphatic carbocycles. The fourth-order valence-electron chi connectivity index (χ4n) is 3.20. The van der Waals surface area contributed by atoms with Crippen LogP contribution in [0.25, 0.3) is 0 Å². The maximum Gasteiger partial charge on any atom is 0.239 e. The van der Waals surface area contributed by atoms with Gasteiger partial charge in [0.05, 0.1) is 25.4 Å². The van der Waals surface area contributed by atoms with Crippen molar-refractivity contribution in [3.63, 3.8) is 0 Å². The highest BCUT2D eigenvalue weighted by atomic mass is 16.5. The molecular weight excluding hydrogens is 296 g/mol. The normalized spacial score (nSPS) is 33.7. The van der Waals surface area contributed by atoms with Gasteiger partial charge in [0, 0.05) is 12.5 Å². The van der Waals surface area contributed by atoms with E-state index in [1.54, 1.807) is 0 Å². The number of hydrazine groups is 1. The average molecular weight is 320 g/mol. The van der Waals surface area contributed by atoms with E-state index in [0.29, 0.717) is 19.8 Å². The van der Waals surface area contributed by atoms with E-state index >= 15 is 0 Å². The molecule has 5 atom stereocenters. The second-order valence-corrected chi connectivity index (χ2v) is 5.87. The van der Waals surface area contributed by atoms with Crippen LogP contribution in [0.3, 0.4) is 0 Å². The molecule has 5 N–H and O–H groups in total. The minimum atomic E-state index is -0.435. The molecule has 2 aliphatic rings. The summed E-state index contributed by atoms with van der Waals surface area (Å²) in [5, 5.41) is 3.03. The number of amides is 1. The first kappa shape index (κ1) is 16.4. The Balaban J connectivity index is 1.68. The first-order valence-electron chi connectivity index (χ1n) is 8.02. The van der Waals surface area contributed by atoms with Crippen LogP contribution in [0.1, 0.15) is 18.4 Å². The Hall–Kier alpha value is -1.51. The highest BCUT2D eigenvalue weighted by molar-refractivity contribution is 5.83. The Morgan fingerprint density at radius 2 is 2.13 bits per heavy atom. The second-order valence-electron chi connectivity index (χ2n) is 5.87. The number of rotatable bonds is 5. The van der Waals surface area contributed by atoms with Gasteiger partial charge in [0.15, 0.2) is 0 Å². The first-order valence-corrected chi connectivity index (χ1v) is 8.02. The minimum absolute atomic E-state index is 0.0952. The van der Waals surface area contributed by atoms with Crippen LogP contribution in [0.5, 0.6) is 0 Å². The summed E-state index contributed by atoms with van der Waals surface area (Å²) in [6, 6.07) is 9.26. The van der Waals surface area contributed by atoms with Gasteiger partial charge in [-0.15, -0.1) is 0 Å². The molecule has 2 heterocycles. The number of hydrogen-bond donors (Lipinski definition) is 4. The lowest BCUT2D eigenvalue weighted by atomic mass is 9.90. The van der Waals surface area contributed by atoms with E-state index in [9.17, 15) is 4.79 Å². The maximum absolute atomic E-state index is 12.7. The molecule has 2 saturated heterocycles. The van der Waals surface area contributed by atoms with Crippen LogP contribution in [-0.4, -0.2) is 50.1 Å². The van der Waals surface area contributed by atoms with Crippen molar-refractivity contribution in [1.29, 1.82) is 0 Å². The lowest BCUT2D eigenvalue weighted by Crippen LogP contribution is -2.52. The van der Waals surface area contributed by atoms with Crippen molar-refractivity contribution < 1.29 is 14.3 Å². The summed E-state index contributed by atoms with van der Waals surface area (Å²) in [4.78, 5) is 12.7. The summed E-state index contributed by atoms with van der Waals surface area (Å²) in [5.74, 6) is -0.233. The maximum atomic E-state index is 12.7. The van der Waals surface area contributed by atoms with Gasteiger partial charge < -0.3 is 20.5 Å². The summed E-state index contributed by atoms with van der Waals surface area (Å²) >= 11 is 0. The van der Waals surface area contributed by atoms with Gasteiger partial charge in [-0.05, 0) is 12.5 Å². The van der Waals surface area contributed by atoms with Crippen LogP contribution in [0.2, 0.25) is 0 Å². The zero-order valence-corrected chi connectivity index (χ0v) is 13.2. The zero-order chi connectivity index (χ0) is 16.2. The van der Waals surface area contributed by atoms with Gasteiger partial charge in [-0.3, -0.25) is 4.79 Å². The van der Waals surface area contributed by atoms with Crippen molar-refractivity contribution in [3.8, 4) is 0 Å². The molecule has 0 radical (unpaired) electrons. The molecule has 0 aromatic heterocycles. The number of carbonyl (C=O) groups is 1. The quantitative estimate of drug-likeness (QED) is 0.581. The van der Waals surface area contributed by atoms with Gasteiger partial charge in [-0.25, -0.2) is 10.9 Å². The fraction of sp³-hybridized carbons (Fsp3) is 0.562. The third-order valence-corrected chi connectivity index (χ3v) is 4.36. The van der Waals surface area contributed by atoms with Gasteiger partial charge in [0.25, 0.3) is 0 Å². The van der Waals surface area contributed by atoms with Crippen LogP contribution in [-0.2, 0) is 14.3 Å². The van der Waals surface area contributed by atoms with E-state index in [1.165, 1.54) is 0 Å². The number of nitrogens with one attached hydrogen (secondary N) is 3. The van der Waals surface area contributed by atoms with E-state index in [-0.39, 0.29) is 30.1 Å². The Morgan fingerprint density at radius 1 is 1.35 bits per heavy atom. The van der Waals surface area contributed by atoms with Crippen molar-refractivity contribution in [3.05, 3.63) is 35.9 Å². The Kier molecular flexibility index (Phi) is 5.24. The van der Waals surface area contributed by atoms with Gasteiger partial charge in [-0.2, -0.15) is 0 Å². The SMILES string of the molecule is CCO[C@@H]1COC[C@H]1NC(=O)C1NNC(N)C1c1ccccc1. The largest absolute Gasteiger partial charge is 0.376 e. The lowest BCUT2D eigenvalue weighted by molar-refractivity contribution is -0.124. The summed E-state index contributed by atoms with van der Waals surface area (Å²) in [6.07, 6.45) is -0.419. The third kappa shape index (κ3) is 3.54. The van der Waals surface area contributed by atoms with Crippen LogP contribution < -0.4 is 21.9 Å². The van der Waals surface area contributed by atoms with Crippen LogP contribution in [0.4, 0.5) is 0 Å². The molecular formula is C16H24N4O3. The lowest BCUT2D eigenvalue weighted by Gasteiger charge is -2.24. The second kappa shape index (κ2) is 7.37. The summed E-state index contributed by atoms with van der Waals surface area (Å²) in [7, 11) is 0. The molecule has 7 heteroatoms. The number of benzene rings is 1. The van der Waals surface area contributed by atoms with Crippen molar-refractivity contribution in [2.24, 2.45) is 5.73 Å². The Bertz CT molecular complexity index is 527. The van der Waals surface area contributed by atoms with Crippen molar-refractivity contribution >= 4 is 5.91 Å². The summed E-state index contributed by atoms with van der Waals surface area (Å²) < 4.78 is 11.0. The van der Waals surface area contributed by atoms with Gasteiger partial charge >= 0.3 is 0 Å². The van der Waals surface area contributed by atoms with Crippen molar-refractivity contribution in [2.75, 3.05) is 19.8 Å². The molecule has 1 aromatic rings. The zero-order valence-electron chi connectivity index (χ0n) is 13.2. The van der Waals surface area contributed by atoms with Gasteiger partial charge in [-0.1, -0.05) is 30.3 Å². The molecule has 3 unspecified atom stereocenters. The van der Waals surface area contributed by atoms with E-state index < -0.39 is 6.04 Å². The average Bonchev–Trinajstić information content (AvgIpc) is 3.15. The highest BCUT2D eigenvalue weighted by Crippen LogP contribution is 2.25. The van der Waals surface area contributed by atoms with Crippen LogP contribution in [0.15, 0.2) is 30.3 Å². The van der Waals surface area contributed by atoms with E-state index in [2.05, 4.69) is 16.2 Å². The molecule has 3 rings (SSSR count). The molecule has 126 valence electrons. The highest BCUT2D eigenvalue weighted by Gasteiger charge is 2.41. The third-order valence-electron chi connectivity index (χ3n) is 4.36. The summed E-state index contributed by atoms with van der Waals surface area (Å²) in [6.45, 7) is 3.51. The Labute approximate surface area is 135 Å². The van der Waals surface area contributed by atoms with Gasteiger partial charge in [0.1, 0.15) is 12.1 Å². The molecule has 1 amide bonds. The molecule has 1 aromatic carbocycles. The number of ether oxygens (including phenoxy) is 2. The number of carbonyl (C=O) groups excluding carboxylic acids is 1. The number of nitrogens with two attached hydrogens (primary N) is 1. The smallest absolute Gasteiger partial charge is 0.239 e. The topological polar surface area (TPSA) is 97.6 Å². The van der Waals surface area contributed by atoms with E-state index in [1.807, 2.05) is 37.3 Å². The molecule has 2 aliphatic heterocycles. The Morgan fingerprint density at radius 3 is 2.87 bits per heavy atom. The molecule has 0 spiro atoms. The van der Waals surface area contributed by atoms with Gasteiger partial charge in [0.2, 0.25) is 5.91 Å². The van der Waals surface area contributed by atoms with E-state index in [4.69, 9.17) is 15.2 Å². The van der Waals surface area contributed by atoms with Crippen LogP contribution >= 0.6 is 0 Å². The monoisotopic (exact) mass is 320 g/mol. The number of hydrogen-bond acceptors (Lipinski definition) is 6. The fourth-order valence-corrected chi connectivity index (χ4v) is 3.20. The van der Waals surface area contributed by atoms with Crippen LogP contribution in [0, 0.1) is 0 Å².